The Bertz CT molecular complexity index is 832. The molecule has 144 valence electrons. The zero-order valence-electron chi connectivity index (χ0n) is 15.2. The Balaban J connectivity index is 1.86. The summed E-state index contributed by atoms with van der Waals surface area (Å²) >= 11 is 0. The van der Waals surface area contributed by atoms with Crippen LogP contribution in [-0.2, 0) is 30.5 Å². The van der Waals surface area contributed by atoms with Crippen LogP contribution in [0.1, 0.15) is 40.9 Å². The maximum absolute atomic E-state index is 12.5. The van der Waals surface area contributed by atoms with Crippen molar-refractivity contribution in [1.82, 2.24) is 15.1 Å². The summed E-state index contributed by atoms with van der Waals surface area (Å²) in [6, 6.07) is 6.80. The van der Waals surface area contributed by atoms with Gasteiger partial charge in [-0.15, -0.1) is 0 Å². The molecule has 8 heteroatoms. The average molecular weight is 378 g/mol. The summed E-state index contributed by atoms with van der Waals surface area (Å²) in [5.41, 5.74) is 2.65. The molecule has 1 aromatic heterocycles. The molecule has 0 radical (unpaired) electrons. The van der Waals surface area contributed by atoms with Gasteiger partial charge in [-0.05, 0) is 43.5 Å². The summed E-state index contributed by atoms with van der Waals surface area (Å²) in [7, 11) is 0. The maximum atomic E-state index is 12.5. The van der Waals surface area contributed by atoms with Gasteiger partial charge < -0.3 is 5.32 Å². The van der Waals surface area contributed by atoms with E-state index in [1.54, 1.807) is 4.68 Å². The Hall–Kier alpha value is -2.82. The lowest BCUT2D eigenvalue weighted by molar-refractivity contribution is -0.137. The van der Waals surface area contributed by atoms with E-state index in [0.29, 0.717) is 24.9 Å². The average Bonchev–Trinajstić information content (AvgIpc) is 2.89. The lowest BCUT2D eigenvalue weighted by atomic mass is 10.1. The van der Waals surface area contributed by atoms with Crippen molar-refractivity contribution in [3.8, 4) is 6.07 Å². The Morgan fingerprint density at radius 1 is 1.26 bits per heavy atom. The highest BCUT2D eigenvalue weighted by Gasteiger charge is 2.29. The number of amides is 1. The molecule has 2 rings (SSSR count). The number of carbonyl (C=O) groups is 1. The molecule has 2 aromatic rings. The van der Waals surface area contributed by atoms with Crippen LogP contribution < -0.4 is 5.32 Å². The van der Waals surface area contributed by atoms with E-state index >= 15 is 0 Å². The largest absolute Gasteiger partial charge is 0.416 e. The van der Waals surface area contributed by atoms with Crippen LogP contribution in [0.5, 0.6) is 0 Å². The predicted octanol–water partition coefficient (Wildman–Crippen LogP) is 3.68. The molecule has 0 aliphatic carbocycles. The molecule has 0 saturated heterocycles. The van der Waals surface area contributed by atoms with Crippen molar-refractivity contribution in [2.24, 2.45) is 0 Å². The van der Waals surface area contributed by atoms with E-state index in [2.05, 4.69) is 16.5 Å². The number of nitrogens with one attached hydrogen (secondary N) is 1. The van der Waals surface area contributed by atoms with Crippen LogP contribution in [0.4, 0.5) is 13.2 Å². The minimum Gasteiger partial charge on any atom is -0.352 e. The summed E-state index contributed by atoms with van der Waals surface area (Å²) < 4.78 is 39.4. The van der Waals surface area contributed by atoms with Crippen LogP contribution >= 0.6 is 0 Å². The molecule has 0 bridgehead atoms. The number of carbonyl (C=O) groups excluding carboxylic acids is 1. The topological polar surface area (TPSA) is 70.7 Å². The molecule has 5 nitrogen and oxygen atoms in total. The molecular weight excluding hydrogens is 357 g/mol. The van der Waals surface area contributed by atoms with Gasteiger partial charge in [0.05, 0.1) is 30.3 Å². The molecule has 0 spiro atoms. The van der Waals surface area contributed by atoms with Crippen LogP contribution in [0.25, 0.3) is 0 Å². The van der Waals surface area contributed by atoms with E-state index in [1.165, 1.54) is 12.1 Å². The van der Waals surface area contributed by atoms with Crippen LogP contribution in [0, 0.1) is 25.2 Å². The number of halogens is 3. The second-order valence-corrected chi connectivity index (χ2v) is 6.25. The van der Waals surface area contributed by atoms with Gasteiger partial charge in [-0.1, -0.05) is 12.1 Å². The third-order valence-corrected chi connectivity index (χ3v) is 4.34. The molecule has 1 N–H and O–H groups in total. The molecule has 0 fully saturated rings. The minimum atomic E-state index is -4.37. The van der Waals surface area contributed by atoms with Crippen LogP contribution in [0.15, 0.2) is 24.3 Å². The fourth-order valence-corrected chi connectivity index (χ4v) is 2.81. The molecule has 27 heavy (non-hydrogen) atoms. The van der Waals surface area contributed by atoms with E-state index in [0.717, 1.165) is 29.1 Å². The summed E-state index contributed by atoms with van der Waals surface area (Å²) in [4.78, 5) is 12.1. The molecule has 1 aromatic carbocycles. The first-order chi connectivity index (χ1) is 12.7. The summed E-state index contributed by atoms with van der Waals surface area (Å²) in [6.07, 6.45) is -3.22. The van der Waals surface area contributed by atoms with E-state index in [9.17, 15) is 18.0 Å². The van der Waals surface area contributed by atoms with Gasteiger partial charge in [-0.2, -0.15) is 23.5 Å². The third kappa shape index (κ3) is 5.58. The number of alkyl halides is 3. The normalized spacial score (nSPS) is 11.3. The monoisotopic (exact) mass is 378 g/mol. The number of aromatic nitrogens is 2. The van der Waals surface area contributed by atoms with Gasteiger partial charge in [0.1, 0.15) is 0 Å². The first kappa shape index (κ1) is 20.5. The predicted molar refractivity (Wildman–Crippen MR) is 93.5 cm³/mol. The summed E-state index contributed by atoms with van der Waals surface area (Å²) in [5, 5.41) is 15.8. The highest BCUT2D eigenvalue weighted by atomic mass is 19.4. The van der Waals surface area contributed by atoms with Gasteiger partial charge in [0.2, 0.25) is 5.91 Å². The summed E-state index contributed by atoms with van der Waals surface area (Å²) in [6.45, 7) is 4.47. The lowest BCUT2D eigenvalue weighted by Gasteiger charge is -2.09. The van der Waals surface area contributed by atoms with Gasteiger partial charge in [-0.25, -0.2) is 0 Å². The highest BCUT2D eigenvalue weighted by Crippen LogP contribution is 2.29. The number of nitrogens with zero attached hydrogens (tertiary/aromatic N) is 3. The Morgan fingerprint density at radius 3 is 2.52 bits per heavy atom. The molecule has 1 amide bonds. The van der Waals surface area contributed by atoms with Crippen molar-refractivity contribution >= 4 is 5.91 Å². The third-order valence-electron chi connectivity index (χ3n) is 4.34. The number of aryl methyl sites for hydroxylation is 2. The van der Waals surface area contributed by atoms with E-state index in [4.69, 9.17) is 5.26 Å². The van der Waals surface area contributed by atoms with Crippen molar-refractivity contribution in [3.05, 3.63) is 52.3 Å². The van der Waals surface area contributed by atoms with Gasteiger partial charge in [0.15, 0.2) is 0 Å². The van der Waals surface area contributed by atoms with E-state index in [1.807, 2.05) is 13.8 Å². The molecule has 0 aliphatic rings. The Labute approximate surface area is 155 Å². The smallest absolute Gasteiger partial charge is 0.352 e. The minimum absolute atomic E-state index is 0.177. The van der Waals surface area contributed by atoms with Crippen molar-refractivity contribution in [2.45, 2.75) is 52.4 Å². The standard InChI is InChI=1S/C19H21F3N4O/c1-13-17(14(2)26(25-13)11-3-10-23)8-9-18(27)24-12-15-4-6-16(7-5-15)19(20,21)22/h4-7H,3,8-9,11-12H2,1-2H3,(H,24,27). The fourth-order valence-electron chi connectivity index (χ4n) is 2.81. The van der Waals surface area contributed by atoms with Crippen molar-refractivity contribution in [2.75, 3.05) is 0 Å². The maximum Gasteiger partial charge on any atom is 0.416 e. The van der Waals surface area contributed by atoms with E-state index < -0.39 is 11.7 Å². The van der Waals surface area contributed by atoms with Crippen LogP contribution in [-0.4, -0.2) is 15.7 Å². The first-order valence-electron chi connectivity index (χ1n) is 8.55. The van der Waals surface area contributed by atoms with Crippen LogP contribution in [0.2, 0.25) is 0 Å². The van der Waals surface area contributed by atoms with Crippen molar-refractivity contribution < 1.29 is 18.0 Å². The van der Waals surface area contributed by atoms with Gasteiger partial charge in [0.25, 0.3) is 0 Å². The summed E-state index contributed by atoms with van der Waals surface area (Å²) in [5.74, 6) is -0.182. The number of hydrogen-bond acceptors (Lipinski definition) is 3. The lowest BCUT2D eigenvalue weighted by Crippen LogP contribution is -2.23. The van der Waals surface area contributed by atoms with Crippen molar-refractivity contribution in [1.29, 1.82) is 5.26 Å². The second-order valence-electron chi connectivity index (χ2n) is 6.25. The number of hydrogen-bond donors (Lipinski definition) is 1. The quantitative estimate of drug-likeness (QED) is 0.799. The second kappa shape index (κ2) is 8.71. The van der Waals surface area contributed by atoms with Gasteiger partial charge in [-0.3, -0.25) is 9.48 Å². The van der Waals surface area contributed by atoms with Gasteiger partial charge in [0, 0.05) is 18.7 Å². The molecule has 0 saturated carbocycles. The Morgan fingerprint density at radius 2 is 1.93 bits per heavy atom. The zero-order chi connectivity index (χ0) is 20.0. The molecule has 0 atom stereocenters. The number of rotatable bonds is 7. The Kier molecular flexibility index (Phi) is 6.61. The molecule has 1 heterocycles. The first-order valence-corrected chi connectivity index (χ1v) is 8.55. The molecule has 0 aliphatic heterocycles. The highest BCUT2D eigenvalue weighted by molar-refractivity contribution is 5.76. The molecule has 0 unspecified atom stereocenters. The number of benzene rings is 1. The zero-order valence-corrected chi connectivity index (χ0v) is 15.2. The molecular formula is C19H21F3N4O. The van der Waals surface area contributed by atoms with Crippen LogP contribution in [0.3, 0.4) is 0 Å². The van der Waals surface area contributed by atoms with Gasteiger partial charge >= 0.3 is 6.18 Å². The van der Waals surface area contributed by atoms with Crippen molar-refractivity contribution in [3.63, 3.8) is 0 Å². The van der Waals surface area contributed by atoms with E-state index in [-0.39, 0.29) is 18.9 Å². The fraction of sp³-hybridized carbons (Fsp3) is 0.421. The SMILES string of the molecule is Cc1nn(CCC#N)c(C)c1CCC(=O)NCc1ccc(C(F)(F)F)cc1. The number of nitriles is 1.